The summed E-state index contributed by atoms with van der Waals surface area (Å²) < 4.78 is 11.7. The minimum Gasteiger partial charge on any atom is -0.387 e. The highest BCUT2D eigenvalue weighted by Gasteiger charge is 2.20. The molecule has 1 aromatic carbocycles. The van der Waals surface area contributed by atoms with Gasteiger partial charge in [-0.25, -0.2) is 0 Å². The number of aliphatic hydroxyl groups is 1. The second kappa shape index (κ2) is 7.82. The zero-order valence-electron chi connectivity index (χ0n) is 10.2. The van der Waals surface area contributed by atoms with Crippen molar-refractivity contribution in [3.05, 3.63) is 34.3 Å². The average molecular weight is 303 g/mol. The van der Waals surface area contributed by atoms with Crippen LogP contribution >= 0.6 is 15.9 Å². The Morgan fingerprint density at radius 1 is 1.18 bits per heavy atom. The van der Waals surface area contributed by atoms with Gasteiger partial charge in [-0.2, -0.15) is 0 Å². The summed E-state index contributed by atoms with van der Waals surface area (Å²) in [5.74, 6) is 0. The molecule has 0 bridgehead atoms. The molecule has 0 radical (unpaired) electrons. The quantitative estimate of drug-likeness (QED) is 0.787. The number of benzene rings is 1. The van der Waals surface area contributed by atoms with E-state index in [0.29, 0.717) is 19.6 Å². The van der Waals surface area contributed by atoms with Crippen molar-refractivity contribution >= 4 is 15.9 Å². The van der Waals surface area contributed by atoms with Crippen LogP contribution in [0.4, 0.5) is 0 Å². The van der Waals surface area contributed by atoms with Crippen molar-refractivity contribution < 1.29 is 14.6 Å². The molecule has 0 saturated carbocycles. The molecule has 4 heteroatoms. The van der Waals surface area contributed by atoms with Gasteiger partial charge in [0.15, 0.2) is 6.29 Å². The van der Waals surface area contributed by atoms with Crippen molar-refractivity contribution in [2.24, 2.45) is 0 Å². The predicted molar refractivity (Wildman–Crippen MR) is 70.9 cm³/mol. The van der Waals surface area contributed by atoms with Gasteiger partial charge in [-0.3, -0.25) is 0 Å². The van der Waals surface area contributed by atoms with E-state index in [1.165, 1.54) is 0 Å². The Bertz CT molecular complexity index is 324. The van der Waals surface area contributed by atoms with Crippen LogP contribution in [0.25, 0.3) is 0 Å². The molecule has 0 heterocycles. The monoisotopic (exact) mass is 302 g/mol. The Hall–Kier alpha value is -0.420. The lowest BCUT2D eigenvalue weighted by Crippen LogP contribution is -2.33. The van der Waals surface area contributed by atoms with Crippen LogP contribution in [0.1, 0.15) is 19.4 Å². The van der Waals surface area contributed by atoms with Gasteiger partial charge >= 0.3 is 0 Å². The molecular formula is C13H19BrO3. The maximum atomic E-state index is 10.1. The van der Waals surface area contributed by atoms with E-state index in [-0.39, 0.29) is 0 Å². The first-order valence-electron chi connectivity index (χ1n) is 5.83. The standard InChI is InChI=1S/C13H19BrO3/c1-3-16-13(17-4-2)12(15)9-10-7-5-6-8-11(10)14/h5-8,12-13,15H,3-4,9H2,1-2H3. The first kappa shape index (κ1) is 14.6. The minimum absolute atomic E-state index is 0.506. The molecule has 17 heavy (non-hydrogen) atoms. The largest absolute Gasteiger partial charge is 0.387 e. The molecule has 0 saturated heterocycles. The summed E-state index contributed by atoms with van der Waals surface area (Å²) in [4.78, 5) is 0. The van der Waals surface area contributed by atoms with E-state index in [9.17, 15) is 5.11 Å². The summed E-state index contributed by atoms with van der Waals surface area (Å²) in [6.07, 6.45) is -0.711. The Balaban J connectivity index is 2.62. The topological polar surface area (TPSA) is 38.7 Å². The number of rotatable bonds is 7. The summed E-state index contributed by atoms with van der Waals surface area (Å²) in [5, 5.41) is 10.1. The fourth-order valence-corrected chi connectivity index (χ4v) is 2.03. The Morgan fingerprint density at radius 3 is 2.29 bits per heavy atom. The highest BCUT2D eigenvalue weighted by atomic mass is 79.9. The highest BCUT2D eigenvalue weighted by molar-refractivity contribution is 9.10. The predicted octanol–water partition coefficient (Wildman–Crippen LogP) is 2.75. The van der Waals surface area contributed by atoms with Gasteiger partial charge in [0, 0.05) is 24.1 Å². The summed E-state index contributed by atoms with van der Waals surface area (Å²) >= 11 is 3.46. The maximum absolute atomic E-state index is 10.1. The zero-order chi connectivity index (χ0) is 12.7. The van der Waals surface area contributed by atoms with Gasteiger partial charge in [0.2, 0.25) is 0 Å². The normalized spacial score (nSPS) is 13.0. The summed E-state index contributed by atoms with van der Waals surface area (Å²) in [6, 6.07) is 7.83. The zero-order valence-corrected chi connectivity index (χ0v) is 11.8. The van der Waals surface area contributed by atoms with Gasteiger partial charge in [0.05, 0.1) is 0 Å². The molecule has 0 aliphatic carbocycles. The van der Waals surface area contributed by atoms with Gasteiger partial charge in [0.1, 0.15) is 6.10 Å². The van der Waals surface area contributed by atoms with Gasteiger partial charge < -0.3 is 14.6 Å². The molecule has 96 valence electrons. The lowest BCUT2D eigenvalue weighted by atomic mass is 10.1. The Kier molecular flexibility index (Phi) is 6.73. The second-order valence-corrected chi connectivity index (χ2v) is 4.50. The molecule has 0 aromatic heterocycles. The van der Waals surface area contributed by atoms with Crippen LogP contribution in [0.2, 0.25) is 0 Å². The van der Waals surface area contributed by atoms with Crippen molar-refractivity contribution in [1.29, 1.82) is 0 Å². The molecular weight excluding hydrogens is 284 g/mol. The average Bonchev–Trinajstić information content (AvgIpc) is 2.32. The van der Waals surface area contributed by atoms with Crippen molar-refractivity contribution in [2.45, 2.75) is 32.7 Å². The van der Waals surface area contributed by atoms with Crippen LogP contribution < -0.4 is 0 Å². The number of halogens is 1. The number of ether oxygens (including phenoxy) is 2. The van der Waals surface area contributed by atoms with Gasteiger partial charge in [-0.1, -0.05) is 34.1 Å². The fraction of sp³-hybridized carbons (Fsp3) is 0.538. The molecule has 0 fully saturated rings. The lowest BCUT2D eigenvalue weighted by Gasteiger charge is -2.22. The van der Waals surface area contributed by atoms with Crippen LogP contribution in [0, 0.1) is 0 Å². The van der Waals surface area contributed by atoms with Crippen LogP contribution in [0.3, 0.4) is 0 Å². The third kappa shape index (κ3) is 4.76. The molecule has 1 N–H and O–H groups in total. The van der Waals surface area contributed by atoms with E-state index in [4.69, 9.17) is 9.47 Å². The van der Waals surface area contributed by atoms with Crippen LogP contribution in [-0.4, -0.2) is 30.7 Å². The third-order valence-corrected chi connectivity index (χ3v) is 3.14. The number of hydrogen-bond donors (Lipinski definition) is 1. The minimum atomic E-state index is -0.659. The SMILES string of the molecule is CCOC(OCC)C(O)Cc1ccccc1Br. The lowest BCUT2D eigenvalue weighted by molar-refractivity contribution is -0.188. The van der Waals surface area contributed by atoms with Crippen molar-refractivity contribution in [1.82, 2.24) is 0 Å². The molecule has 0 aliphatic heterocycles. The van der Waals surface area contributed by atoms with Gasteiger partial charge in [0.25, 0.3) is 0 Å². The second-order valence-electron chi connectivity index (χ2n) is 3.64. The van der Waals surface area contributed by atoms with Crippen molar-refractivity contribution in [3.8, 4) is 0 Å². The summed E-state index contributed by atoms with van der Waals surface area (Å²) in [6.45, 7) is 4.82. The summed E-state index contributed by atoms with van der Waals surface area (Å²) in [7, 11) is 0. The molecule has 0 spiro atoms. The van der Waals surface area contributed by atoms with E-state index < -0.39 is 12.4 Å². The molecule has 1 aromatic rings. The van der Waals surface area contributed by atoms with E-state index in [2.05, 4.69) is 15.9 Å². The van der Waals surface area contributed by atoms with E-state index in [1.54, 1.807) is 0 Å². The van der Waals surface area contributed by atoms with Gasteiger partial charge in [-0.05, 0) is 25.5 Å². The first-order chi connectivity index (χ1) is 8.19. The molecule has 0 aliphatic rings. The maximum Gasteiger partial charge on any atom is 0.183 e. The smallest absolute Gasteiger partial charge is 0.183 e. The highest BCUT2D eigenvalue weighted by Crippen LogP contribution is 2.19. The number of aliphatic hydroxyl groups excluding tert-OH is 1. The van der Waals surface area contributed by atoms with Crippen molar-refractivity contribution in [3.63, 3.8) is 0 Å². The fourth-order valence-electron chi connectivity index (χ4n) is 1.58. The molecule has 1 unspecified atom stereocenters. The van der Waals surface area contributed by atoms with E-state index >= 15 is 0 Å². The summed E-state index contributed by atoms with van der Waals surface area (Å²) in [5.41, 5.74) is 1.05. The van der Waals surface area contributed by atoms with Crippen LogP contribution in [0.15, 0.2) is 28.7 Å². The van der Waals surface area contributed by atoms with Crippen molar-refractivity contribution in [2.75, 3.05) is 13.2 Å². The number of hydrogen-bond acceptors (Lipinski definition) is 3. The Labute approximate surface area is 111 Å². The molecule has 3 nitrogen and oxygen atoms in total. The van der Waals surface area contributed by atoms with E-state index in [1.807, 2.05) is 38.1 Å². The molecule has 1 rings (SSSR count). The molecule has 1 atom stereocenters. The van der Waals surface area contributed by atoms with Crippen LogP contribution in [-0.2, 0) is 15.9 Å². The molecule has 0 amide bonds. The Morgan fingerprint density at radius 2 is 1.76 bits per heavy atom. The van der Waals surface area contributed by atoms with Gasteiger partial charge in [-0.15, -0.1) is 0 Å². The van der Waals surface area contributed by atoms with E-state index in [0.717, 1.165) is 10.0 Å². The third-order valence-electron chi connectivity index (χ3n) is 2.36. The first-order valence-corrected chi connectivity index (χ1v) is 6.63. The van der Waals surface area contributed by atoms with Crippen LogP contribution in [0.5, 0.6) is 0 Å².